The molecular formula is C12H14ClN3O. The molecule has 1 saturated heterocycles. The van der Waals surface area contributed by atoms with Crippen LogP contribution in [-0.2, 0) is 4.79 Å². The predicted octanol–water partition coefficient (Wildman–Crippen LogP) is 1.91. The summed E-state index contributed by atoms with van der Waals surface area (Å²) in [4.78, 5) is 17.9. The van der Waals surface area contributed by atoms with E-state index in [1.807, 2.05) is 4.90 Å². The van der Waals surface area contributed by atoms with E-state index in [1.54, 1.807) is 18.3 Å². The van der Waals surface area contributed by atoms with Crippen LogP contribution in [0, 0.1) is 0 Å². The Morgan fingerprint density at radius 3 is 3.00 bits per heavy atom. The molecule has 1 aromatic rings. The molecule has 90 valence electrons. The van der Waals surface area contributed by atoms with Crippen LogP contribution in [0.15, 0.2) is 18.3 Å². The minimum absolute atomic E-state index is 0.135. The van der Waals surface area contributed by atoms with Crippen molar-refractivity contribution in [1.82, 2.24) is 9.88 Å². The van der Waals surface area contributed by atoms with Crippen LogP contribution in [0.25, 0.3) is 0 Å². The minimum atomic E-state index is 0.135. The van der Waals surface area contributed by atoms with E-state index in [2.05, 4.69) is 10.3 Å². The standard InChI is InChI=1S/C12H14ClN3O/c13-10-2-1-5-14-12(10)15-8-6-11(17)16(7-8)9-3-4-9/h1-2,5,8-9H,3-4,6-7H2,(H,14,15). The topological polar surface area (TPSA) is 45.2 Å². The van der Waals surface area contributed by atoms with Crippen molar-refractivity contribution in [3.8, 4) is 0 Å². The fourth-order valence-electron chi connectivity index (χ4n) is 2.25. The van der Waals surface area contributed by atoms with Crippen LogP contribution in [0.5, 0.6) is 0 Å². The molecule has 0 spiro atoms. The van der Waals surface area contributed by atoms with E-state index in [-0.39, 0.29) is 11.9 Å². The summed E-state index contributed by atoms with van der Waals surface area (Å²) >= 11 is 6.03. The third-order valence-corrected chi connectivity index (χ3v) is 3.55. The van der Waals surface area contributed by atoms with Gasteiger partial charge in [-0.25, -0.2) is 4.98 Å². The predicted molar refractivity (Wildman–Crippen MR) is 66.0 cm³/mol. The van der Waals surface area contributed by atoms with Crippen molar-refractivity contribution in [3.05, 3.63) is 23.4 Å². The lowest BCUT2D eigenvalue weighted by atomic mass is 10.2. The summed E-state index contributed by atoms with van der Waals surface area (Å²) in [6.45, 7) is 0.774. The molecular weight excluding hydrogens is 238 g/mol. The maximum absolute atomic E-state index is 11.8. The Balaban J connectivity index is 1.67. The number of rotatable bonds is 3. The summed E-state index contributed by atoms with van der Waals surface area (Å²) in [6, 6.07) is 4.22. The number of halogens is 1. The number of carbonyl (C=O) groups is 1. The quantitative estimate of drug-likeness (QED) is 0.893. The van der Waals surface area contributed by atoms with Crippen LogP contribution in [-0.4, -0.2) is 34.4 Å². The van der Waals surface area contributed by atoms with E-state index in [9.17, 15) is 4.79 Å². The second kappa shape index (κ2) is 4.18. The lowest BCUT2D eigenvalue weighted by Gasteiger charge is -2.16. The highest BCUT2D eigenvalue weighted by Crippen LogP contribution is 2.31. The van der Waals surface area contributed by atoms with Crippen LogP contribution >= 0.6 is 11.6 Å². The number of anilines is 1. The van der Waals surface area contributed by atoms with Gasteiger partial charge < -0.3 is 10.2 Å². The van der Waals surface area contributed by atoms with Crippen molar-refractivity contribution in [2.45, 2.75) is 31.3 Å². The van der Waals surface area contributed by atoms with E-state index in [0.29, 0.717) is 23.3 Å². The molecule has 17 heavy (non-hydrogen) atoms. The number of aromatic nitrogens is 1. The Morgan fingerprint density at radius 1 is 1.47 bits per heavy atom. The summed E-state index contributed by atoms with van der Waals surface area (Å²) in [6.07, 6.45) is 4.55. The normalized spacial score (nSPS) is 24.2. The van der Waals surface area contributed by atoms with Gasteiger partial charge in [0.25, 0.3) is 0 Å². The number of likely N-dealkylation sites (tertiary alicyclic amines) is 1. The third kappa shape index (κ3) is 2.22. The van der Waals surface area contributed by atoms with Gasteiger partial charge in [0.15, 0.2) is 0 Å². The maximum atomic E-state index is 11.8. The van der Waals surface area contributed by atoms with E-state index in [0.717, 1.165) is 19.4 Å². The highest BCUT2D eigenvalue weighted by atomic mass is 35.5. The first-order valence-corrected chi connectivity index (χ1v) is 6.28. The molecule has 1 aliphatic carbocycles. The molecule has 4 nitrogen and oxygen atoms in total. The van der Waals surface area contributed by atoms with Crippen molar-refractivity contribution in [3.63, 3.8) is 0 Å². The summed E-state index contributed by atoms with van der Waals surface area (Å²) in [7, 11) is 0. The molecule has 1 aromatic heterocycles. The average molecular weight is 252 g/mol. The van der Waals surface area contributed by atoms with Gasteiger partial charge in [-0.1, -0.05) is 11.6 Å². The first kappa shape index (κ1) is 10.8. The second-order valence-corrected chi connectivity index (χ2v) is 5.06. The molecule has 0 radical (unpaired) electrons. The van der Waals surface area contributed by atoms with Gasteiger partial charge in [0.05, 0.1) is 11.1 Å². The molecule has 1 N–H and O–H groups in total. The Labute approximate surface area is 105 Å². The minimum Gasteiger partial charge on any atom is -0.364 e. The van der Waals surface area contributed by atoms with Gasteiger partial charge in [-0.3, -0.25) is 4.79 Å². The van der Waals surface area contributed by atoms with Gasteiger partial charge in [-0.2, -0.15) is 0 Å². The molecule has 1 aliphatic heterocycles. The number of amides is 1. The highest BCUT2D eigenvalue weighted by molar-refractivity contribution is 6.32. The second-order valence-electron chi connectivity index (χ2n) is 4.66. The fraction of sp³-hybridized carbons (Fsp3) is 0.500. The van der Waals surface area contributed by atoms with E-state index < -0.39 is 0 Å². The molecule has 0 aromatic carbocycles. The van der Waals surface area contributed by atoms with Crippen molar-refractivity contribution >= 4 is 23.3 Å². The van der Waals surface area contributed by atoms with Crippen molar-refractivity contribution in [2.24, 2.45) is 0 Å². The zero-order valence-electron chi connectivity index (χ0n) is 9.40. The summed E-state index contributed by atoms with van der Waals surface area (Å²) in [5.41, 5.74) is 0. The van der Waals surface area contributed by atoms with E-state index in [1.165, 1.54) is 0 Å². The molecule has 5 heteroatoms. The summed E-state index contributed by atoms with van der Waals surface area (Å²) in [5.74, 6) is 0.918. The molecule has 2 fully saturated rings. The van der Waals surface area contributed by atoms with Gasteiger partial charge in [-0.15, -0.1) is 0 Å². The molecule has 1 atom stereocenters. The molecule has 1 amide bonds. The highest BCUT2D eigenvalue weighted by Gasteiger charge is 2.39. The summed E-state index contributed by atoms with van der Waals surface area (Å²) in [5, 5.41) is 3.85. The SMILES string of the molecule is O=C1CC(Nc2ncccc2Cl)CN1C1CC1. The van der Waals surface area contributed by atoms with Crippen LogP contribution < -0.4 is 5.32 Å². The zero-order valence-corrected chi connectivity index (χ0v) is 10.2. The number of hydrogen-bond donors (Lipinski definition) is 1. The van der Waals surface area contributed by atoms with Crippen LogP contribution in [0.3, 0.4) is 0 Å². The van der Waals surface area contributed by atoms with Crippen LogP contribution in [0.2, 0.25) is 5.02 Å². The van der Waals surface area contributed by atoms with Crippen molar-refractivity contribution < 1.29 is 4.79 Å². The molecule has 2 heterocycles. The van der Waals surface area contributed by atoms with Gasteiger partial charge in [0.2, 0.25) is 5.91 Å². The summed E-state index contributed by atoms with van der Waals surface area (Å²) < 4.78 is 0. The molecule has 1 saturated carbocycles. The van der Waals surface area contributed by atoms with Gasteiger partial charge in [0, 0.05) is 25.2 Å². The smallest absolute Gasteiger partial charge is 0.225 e. The Kier molecular flexibility index (Phi) is 2.67. The molecule has 2 aliphatic rings. The largest absolute Gasteiger partial charge is 0.364 e. The van der Waals surface area contributed by atoms with Crippen molar-refractivity contribution in [1.29, 1.82) is 0 Å². The number of nitrogens with zero attached hydrogens (tertiary/aromatic N) is 2. The van der Waals surface area contributed by atoms with Crippen LogP contribution in [0.4, 0.5) is 5.82 Å². The van der Waals surface area contributed by atoms with Gasteiger partial charge in [-0.05, 0) is 25.0 Å². The molecule has 0 bridgehead atoms. The zero-order chi connectivity index (χ0) is 11.8. The van der Waals surface area contributed by atoms with E-state index >= 15 is 0 Å². The van der Waals surface area contributed by atoms with Gasteiger partial charge in [0.1, 0.15) is 5.82 Å². The third-order valence-electron chi connectivity index (χ3n) is 3.25. The van der Waals surface area contributed by atoms with E-state index in [4.69, 9.17) is 11.6 Å². The Bertz CT molecular complexity index is 447. The van der Waals surface area contributed by atoms with Crippen LogP contribution in [0.1, 0.15) is 19.3 Å². The Morgan fingerprint density at radius 2 is 2.29 bits per heavy atom. The number of pyridine rings is 1. The van der Waals surface area contributed by atoms with Gasteiger partial charge >= 0.3 is 0 Å². The molecule has 3 rings (SSSR count). The lowest BCUT2D eigenvalue weighted by Crippen LogP contribution is -2.29. The number of carbonyl (C=O) groups excluding carboxylic acids is 1. The van der Waals surface area contributed by atoms with Crippen molar-refractivity contribution in [2.75, 3.05) is 11.9 Å². The maximum Gasteiger partial charge on any atom is 0.225 e. The number of hydrogen-bond acceptors (Lipinski definition) is 3. The molecule has 1 unspecified atom stereocenters. The Hall–Kier alpha value is -1.29. The first-order chi connectivity index (χ1) is 8.24. The average Bonchev–Trinajstić information content (AvgIpc) is 3.07. The fourth-order valence-corrected chi connectivity index (χ4v) is 2.43. The monoisotopic (exact) mass is 251 g/mol. The first-order valence-electron chi connectivity index (χ1n) is 5.90. The number of nitrogens with one attached hydrogen (secondary N) is 1. The lowest BCUT2D eigenvalue weighted by molar-refractivity contribution is -0.128.